The average molecular weight is 1060 g/mol. The van der Waals surface area contributed by atoms with Gasteiger partial charge >= 0.3 is 0 Å². The van der Waals surface area contributed by atoms with Gasteiger partial charge in [0.25, 0.3) is 5.91 Å². The Balaban J connectivity index is 1.12. The second kappa shape index (κ2) is 23.7. The third-order valence-corrected chi connectivity index (χ3v) is 17.8. The molecule has 1 spiro atoms. The van der Waals surface area contributed by atoms with Crippen LogP contribution in [0.25, 0.3) is 0 Å². The summed E-state index contributed by atoms with van der Waals surface area (Å²) in [6, 6.07) is 23.5. The monoisotopic (exact) mass is 1060 g/mol. The van der Waals surface area contributed by atoms with Crippen molar-refractivity contribution in [3.63, 3.8) is 0 Å². The van der Waals surface area contributed by atoms with Crippen molar-refractivity contribution in [1.82, 2.24) is 25.6 Å². The molecule has 0 saturated carbocycles. The van der Waals surface area contributed by atoms with Gasteiger partial charge < -0.3 is 49.2 Å². The van der Waals surface area contributed by atoms with E-state index in [0.717, 1.165) is 22.4 Å². The van der Waals surface area contributed by atoms with Gasteiger partial charge in [0.1, 0.15) is 11.5 Å². The van der Waals surface area contributed by atoms with Gasteiger partial charge in [-0.05, 0) is 168 Å². The number of nitrogens with one attached hydrogen (secondary N) is 2. The van der Waals surface area contributed by atoms with Crippen LogP contribution in [0.2, 0.25) is 18.6 Å². The van der Waals surface area contributed by atoms with E-state index < -0.39 is 43.7 Å². The number of carbonyl (C=O) groups is 3. The molecular weight excluding hydrogens is 988 g/mol. The van der Waals surface area contributed by atoms with Crippen LogP contribution in [0, 0.1) is 5.92 Å². The van der Waals surface area contributed by atoms with E-state index in [1.54, 1.807) is 38.7 Å². The van der Waals surface area contributed by atoms with Crippen LogP contribution in [-0.2, 0) is 57.1 Å². The van der Waals surface area contributed by atoms with E-state index in [9.17, 15) is 24.9 Å². The standard InChI is InChI=1S/C57H73FN8O9Si/c1-6-73-44-16-19-49-39(30-44)32-47(59-23-8-10-26-67)54(70)65(49)42-14-12-13-38(29-42)35-64-51-18-15-43(66-50-20-17-45(74-7-2)31-40(50)33-48(55(66)71)60-24-9-11-27-68)34-46(51)57(56(64)72)37(3)53(76(4,5)58)52(75-57)21-25-63-36-41(22-28-69)61-62-63/h12-20,29-31,34,36-37,47-48,52-53,59-60,67-69H,6-11,21-28,32-33,35H2,1-5H3/t37-,47?,48?,52+,53-,57+/m1/s1. The number of aliphatic hydroxyl groups is 3. The largest absolute Gasteiger partial charge is 0.494 e. The summed E-state index contributed by atoms with van der Waals surface area (Å²) in [4.78, 5) is 50.5. The van der Waals surface area contributed by atoms with E-state index in [2.05, 4.69) is 20.9 Å². The lowest BCUT2D eigenvalue weighted by Crippen LogP contribution is -2.49. The molecule has 76 heavy (non-hydrogen) atoms. The molecular formula is C57H73FN8O9Si. The summed E-state index contributed by atoms with van der Waals surface area (Å²) in [7, 11) is -3.61. The second-order valence-corrected chi connectivity index (χ2v) is 24.6. The molecule has 4 aliphatic rings. The molecule has 19 heteroatoms. The number of ether oxygens (including phenoxy) is 3. The number of benzene rings is 4. The molecule has 0 radical (unpaired) electrons. The minimum atomic E-state index is -3.61. The number of nitrogens with zero attached hydrogens (tertiary/aromatic N) is 6. The number of aromatic nitrogens is 3. The van der Waals surface area contributed by atoms with Crippen molar-refractivity contribution in [2.75, 3.05) is 60.8 Å². The van der Waals surface area contributed by atoms with Gasteiger partial charge in [-0.25, -0.2) is 0 Å². The van der Waals surface area contributed by atoms with Crippen LogP contribution in [0.15, 0.2) is 85.1 Å². The van der Waals surface area contributed by atoms with E-state index in [-0.39, 0.29) is 44.1 Å². The SMILES string of the molecule is CCOc1ccc2c(c1)CC(NCCCCO)C(=O)N2c1cccc(CN2C(=O)[C@@]3(O[C@@H](CCn4cc(CCO)nn4)[C@H]([Si](C)(C)F)[C@H]3C)c3cc(N4C(=O)C(NCCCCO)Cc5cc(OCC)ccc54)ccc32)c1. The minimum absolute atomic E-state index is 0.0510. The van der Waals surface area contributed by atoms with Crippen LogP contribution < -0.4 is 34.8 Å². The van der Waals surface area contributed by atoms with E-state index in [1.807, 2.05) is 99.6 Å². The summed E-state index contributed by atoms with van der Waals surface area (Å²) in [5.41, 5.74) is 4.58. The van der Waals surface area contributed by atoms with E-state index in [4.69, 9.17) is 14.2 Å². The van der Waals surface area contributed by atoms with Crippen molar-refractivity contribution in [3.05, 3.63) is 113 Å². The first-order chi connectivity index (χ1) is 36.7. The van der Waals surface area contributed by atoms with Gasteiger partial charge in [0.05, 0.1) is 60.7 Å². The lowest BCUT2D eigenvalue weighted by molar-refractivity contribution is -0.146. The van der Waals surface area contributed by atoms with Gasteiger partial charge in [-0.3, -0.25) is 28.9 Å². The van der Waals surface area contributed by atoms with Crippen molar-refractivity contribution in [2.24, 2.45) is 5.92 Å². The van der Waals surface area contributed by atoms with Crippen molar-refractivity contribution in [3.8, 4) is 11.5 Å². The molecule has 3 amide bonds. The maximum atomic E-state index is 17.2. The molecule has 5 aromatic rings. The van der Waals surface area contributed by atoms with E-state index in [1.165, 1.54) is 0 Å². The number of unbranched alkanes of at least 4 members (excludes halogenated alkanes) is 2. The normalized spacial score (nSPS) is 22.1. The molecule has 1 fully saturated rings. The van der Waals surface area contributed by atoms with Gasteiger partial charge in [0.2, 0.25) is 20.2 Å². The lowest BCUT2D eigenvalue weighted by Gasteiger charge is -2.36. The molecule has 1 saturated heterocycles. The Labute approximate surface area is 445 Å². The van der Waals surface area contributed by atoms with Gasteiger partial charge in [0, 0.05) is 67.4 Å². The number of amides is 3. The second-order valence-electron chi connectivity index (χ2n) is 20.8. The molecule has 17 nitrogen and oxygen atoms in total. The zero-order chi connectivity index (χ0) is 53.7. The van der Waals surface area contributed by atoms with Crippen LogP contribution in [-0.4, -0.2) is 121 Å². The third kappa shape index (κ3) is 10.9. The predicted octanol–water partition coefficient (Wildman–Crippen LogP) is 6.93. The van der Waals surface area contributed by atoms with Crippen molar-refractivity contribution < 1.29 is 48.0 Å². The Bertz CT molecular complexity index is 2880. The Morgan fingerprint density at radius 3 is 1.92 bits per heavy atom. The molecule has 4 aliphatic heterocycles. The quantitative estimate of drug-likeness (QED) is 0.0242. The molecule has 5 heterocycles. The van der Waals surface area contributed by atoms with E-state index >= 15 is 8.90 Å². The molecule has 0 aliphatic carbocycles. The maximum absolute atomic E-state index is 17.2. The number of anilines is 5. The highest BCUT2D eigenvalue weighted by Crippen LogP contribution is 2.61. The number of aryl methyl sites for hydroxylation is 1. The fraction of sp³-hybridized carbons (Fsp3) is 0.491. The summed E-state index contributed by atoms with van der Waals surface area (Å²) in [5.74, 6) is 0.0873. The van der Waals surface area contributed by atoms with Gasteiger partial charge in [0.15, 0.2) is 5.60 Å². The number of fused-ring (bicyclic) bond motifs is 4. The summed E-state index contributed by atoms with van der Waals surface area (Å²) >= 11 is 0. The first kappa shape index (κ1) is 54.7. The first-order valence-electron chi connectivity index (χ1n) is 27.0. The predicted molar refractivity (Wildman–Crippen MR) is 291 cm³/mol. The average Bonchev–Trinajstić information content (AvgIpc) is 4.27. The minimum Gasteiger partial charge on any atom is -0.494 e. The highest BCUT2D eigenvalue weighted by molar-refractivity contribution is 6.72. The fourth-order valence-corrected chi connectivity index (χ4v) is 14.5. The van der Waals surface area contributed by atoms with Crippen molar-refractivity contribution in [1.29, 1.82) is 0 Å². The van der Waals surface area contributed by atoms with Crippen LogP contribution in [0.3, 0.4) is 0 Å². The van der Waals surface area contributed by atoms with Crippen LogP contribution in [0.4, 0.5) is 32.5 Å². The summed E-state index contributed by atoms with van der Waals surface area (Å²) < 4.78 is 37.9. The van der Waals surface area contributed by atoms with Crippen LogP contribution in [0.1, 0.15) is 80.8 Å². The first-order valence-corrected chi connectivity index (χ1v) is 30.0. The van der Waals surface area contributed by atoms with Crippen LogP contribution in [0.5, 0.6) is 11.5 Å². The van der Waals surface area contributed by atoms with Gasteiger partial charge in [-0.15, -0.1) is 5.10 Å². The number of halogens is 1. The Morgan fingerprint density at radius 2 is 1.36 bits per heavy atom. The summed E-state index contributed by atoms with van der Waals surface area (Å²) in [5, 5.41) is 43.8. The molecule has 2 unspecified atom stereocenters. The number of aliphatic hydroxyl groups excluding tert-OH is 3. The lowest BCUT2D eigenvalue weighted by atomic mass is 9.82. The molecule has 0 bridgehead atoms. The number of hydrogen-bond donors (Lipinski definition) is 5. The molecule has 5 N–H and O–H groups in total. The molecule has 406 valence electrons. The smallest absolute Gasteiger partial charge is 0.264 e. The highest BCUT2D eigenvalue weighted by Gasteiger charge is 2.67. The Kier molecular flexibility index (Phi) is 17.0. The molecule has 1 aromatic heterocycles. The Hall–Kier alpha value is -6.06. The maximum Gasteiger partial charge on any atom is 0.264 e. The van der Waals surface area contributed by atoms with E-state index in [0.29, 0.717) is 130 Å². The molecule has 4 aromatic carbocycles. The Morgan fingerprint density at radius 1 is 0.763 bits per heavy atom. The van der Waals surface area contributed by atoms with Crippen molar-refractivity contribution in [2.45, 2.75) is 128 Å². The van der Waals surface area contributed by atoms with Gasteiger partial charge in [-0.1, -0.05) is 24.3 Å². The topological polar surface area (TPSA) is 204 Å². The fourth-order valence-electron chi connectivity index (χ4n) is 12.0. The van der Waals surface area contributed by atoms with Crippen LogP contribution >= 0.6 is 0 Å². The summed E-state index contributed by atoms with van der Waals surface area (Å²) in [6.45, 7) is 11.6. The molecule has 9 rings (SSSR count). The van der Waals surface area contributed by atoms with Gasteiger partial charge in [-0.2, -0.15) is 0 Å². The zero-order valence-corrected chi connectivity index (χ0v) is 45.3. The molecule has 6 atom stereocenters. The van der Waals surface area contributed by atoms with Crippen molar-refractivity contribution >= 4 is 54.6 Å². The summed E-state index contributed by atoms with van der Waals surface area (Å²) in [6.07, 6.45) is 5.23. The number of hydrogen-bond acceptors (Lipinski definition) is 13. The number of carbonyl (C=O) groups excluding carboxylic acids is 3. The number of rotatable bonds is 24. The highest BCUT2D eigenvalue weighted by atomic mass is 28.4. The zero-order valence-electron chi connectivity index (χ0n) is 44.3. The third-order valence-electron chi connectivity index (χ3n) is 15.4.